The van der Waals surface area contributed by atoms with Crippen molar-refractivity contribution in [1.29, 1.82) is 0 Å². The van der Waals surface area contributed by atoms with E-state index in [1.165, 1.54) is 38.3 Å². The molecule has 0 heterocycles. The predicted octanol–water partition coefficient (Wildman–Crippen LogP) is 8.77. The van der Waals surface area contributed by atoms with Gasteiger partial charge in [0.25, 0.3) is 11.8 Å². The van der Waals surface area contributed by atoms with Crippen LogP contribution in [-0.4, -0.2) is 44.0 Å². The number of alkyl halides is 7. The van der Waals surface area contributed by atoms with Crippen LogP contribution in [-0.2, 0) is 27.7 Å². The molecule has 0 bridgehead atoms. The van der Waals surface area contributed by atoms with Crippen molar-refractivity contribution in [3.63, 3.8) is 0 Å². The molecule has 15 heteroatoms. The molecule has 4 aromatic carbocycles. The minimum atomic E-state index is -5.04. The molecule has 0 fully saturated rings. The van der Waals surface area contributed by atoms with Gasteiger partial charge in [-0.3, -0.25) is 14.4 Å². The number of esters is 1. The summed E-state index contributed by atoms with van der Waals surface area (Å²) in [6, 6.07) is 18.6. The first kappa shape index (κ1) is 41.3. The molecule has 288 valence electrons. The van der Waals surface area contributed by atoms with E-state index in [9.17, 15) is 45.1 Å². The van der Waals surface area contributed by atoms with Crippen LogP contribution >= 0.6 is 0 Å². The Hall–Kier alpha value is -5.47. The maximum absolute atomic E-state index is 15.3. The highest BCUT2D eigenvalue weighted by atomic mass is 19.4. The number of aryl methyl sites for hydroxylation is 1. The van der Waals surface area contributed by atoms with Crippen LogP contribution in [0.3, 0.4) is 0 Å². The lowest BCUT2D eigenvalue weighted by molar-refractivity contribution is -0.253. The van der Waals surface area contributed by atoms with Crippen LogP contribution in [0, 0.1) is 12.7 Å². The fourth-order valence-corrected chi connectivity index (χ4v) is 5.75. The summed E-state index contributed by atoms with van der Waals surface area (Å²) in [7, 11) is 1.28. The Bertz CT molecular complexity index is 1920. The highest BCUT2D eigenvalue weighted by Crippen LogP contribution is 2.39. The molecule has 1 atom stereocenters. The van der Waals surface area contributed by atoms with E-state index in [0.717, 1.165) is 24.3 Å². The van der Waals surface area contributed by atoms with Gasteiger partial charge in [0.2, 0.25) is 0 Å². The van der Waals surface area contributed by atoms with Crippen molar-refractivity contribution in [2.45, 2.75) is 63.3 Å². The minimum absolute atomic E-state index is 0.111. The standard InChI is InChI=1S/C39H36F8N2O5/c1-24-12-13-27(19-32(24)38(43,44)45)35(52)49-37(23-25-9-5-3-6-10-25,29-20-30(40)22-31(21-29)54-39(46,47)36(41)42)28-16-14-26(15-17-28)34(51)48-18-8-4-7-11-33(50)53-2/h3,5-6,9-10,12-17,19-22,36H,4,7-8,11,18,23H2,1-2H3,(H,48,51)(H,49,52)/t37-/m1/s1. The summed E-state index contributed by atoms with van der Waals surface area (Å²) < 4.78 is 120. The average Bonchev–Trinajstić information content (AvgIpc) is 3.12. The molecule has 54 heavy (non-hydrogen) atoms. The first-order valence-corrected chi connectivity index (χ1v) is 16.6. The molecule has 0 radical (unpaired) electrons. The number of amides is 2. The third kappa shape index (κ3) is 10.6. The van der Waals surface area contributed by atoms with Gasteiger partial charge in [-0.25, -0.2) is 4.39 Å². The quantitative estimate of drug-likeness (QED) is 0.0677. The third-order valence-electron chi connectivity index (χ3n) is 8.53. The SMILES string of the molecule is COC(=O)CCCCCNC(=O)c1ccc([C@@](Cc2ccccc2)(NC(=O)c2ccc(C)c(C(F)(F)F)c2)c2cc(F)cc(OC(F)(F)C(F)F)c2)cc1. The first-order valence-electron chi connectivity index (χ1n) is 16.6. The number of carbonyl (C=O) groups excluding carboxylic acids is 3. The topological polar surface area (TPSA) is 93.7 Å². The Balaban J connectivity index is 1.81. The summed E-state index contributed by atoms with van der Waals surface area (Å²) in [5.41, 5.74) is -3.30. The number of rotatable bonds is 16. The van der Waals surface area contributed by atoms with E-state index in [-0.39, 0.29) is 47.6 Å². The second-order valence-corrected chi connectivity index (χ2v) is 12.4. The van der Waals surface area contributed by atoms with Crippen molar-refractivity contribution in [3.05, 3.63) is 136 Å². The van der Waals surface area contributed by atoms with E-state index >= 15 is 4.39 Å². The van der Waals surface area contributed by atoms with E-state index in [4.69, 9.17) is 0 Å². The summed E-state index contributed by atoms with van der Waals surface area (Å²) in [5.74, 6) is -4.19. The van der Waals surface area contributed by atoms with Gasteiger partial charge in [-0.15, -0.1) is 0 Å². The molecule has 0 aliphatic rings. The summed E-state index contributed by atoms with van der Waals surface area (Å²) in [6.45, 7) is 1.47. The van der Waals surface area contributed by atoms with Gasteiger partial charge in [0.05, 0.1) is 18.2 Å². The minimum Gasteiger partial charge on any atom is -0.469 e. The Morgan fingerprint density at radius 1 is 0.759 bits per heavy atom. The lowest BCUT2D eigenvalue weighted by atomic mass is 9.77. The van der Waals surface area contributed by atoms with E-state index in [2.05, 4.69) is 20.1 Å². The number of benzene rings is 4. The van der Waals surface area contributed by atoms with Gasteiger partial charge in [-0.05, 0) is 78.4 Å². The zero-order valence-corrected chi connectivity index (χ0v) is 29.0. The molecule has 4 aromatic rings. The molecule has 0 unspecified atom stereocenters. The smallest absolute Gasteiger partial charge is 0.461 e. The Morgan fingerprint density at radius 3 is 2.06 bits per heavy atom. The van der Waals surface area contributed by atoms with Crippen LogP contribution in [0.2, 0.25) is 0 Å². The lowest BCUT2D eigenvalue weighted by Gasteiger charge is -2.37. The molecule has 0 aromatic heterocycles. The maximum Gasteiger partial charge on any atom is 0.461 e. The normalized spacial score (nSPS) is 12.9. The Labute approximate surface area is 305 Å². The van der Waals surface area contributed by atoms with Crippen LogP contribution in [0.1, 0.15) is 74.2 Å². The number of hydrogen-bond acceptors (Lipinski definition) is 5. The molecule has 2 N–H and O–H groups in total. The number of nitrogens with one attached hydrogen (secondary N) is 2. The van der Waals surface area contributed by atoms with Crippen LogP contribution in [0.25, 0.3) is 0 Å². The number of hydrogen-bond donors (Lipinski definition) is 2. The summed E-state index contributed by atoms with van der Waals surface area (Å²) in [6.07, 6.45) is -12.5. The number of ether oxygens (including phenoxy) is 2. The largest absolute Gasteiger partial charge is 0.469 e. The van der Waals surface area contributed by atoms with Crippen molar-refractivity contribution < 1.29 is 59.0 Å². The van der Waals surface area contributed by atoms with Gasteiger partial charge in [-0.1, -0.05) is 55.0 Å². The van der Waals surface area contributed by atoms with Crippen molar-refractivity contribution in [2.75, 3.05) is 13.7 Å². The predicted molar refractivity (Wildman–Crippen MR) is 182 cm³/mol. The summed E-state index contributed by atoms with van der Waals surface area (Å²) >= 11 is 0. The number of carbonyl (C=O) groups is 3. The van der Waals surface area contributed by atoms with Crippen molar-refractivity contribution in [2.24, 2.45) is 0 Å². The molecule has 2 amide bonds. The van der Waals surface area contributed by atoms with Gasteiger partial charge in [0.1, 0.15) is 11.6 Å². The van der Waals surface area contributed by atoms with Crippen molar-refractivity contribution >= 4 is 17.8 Å². The van der Waals surface area contributed by atoms with E-state index < -0.39 is 58.8 Å². The van der Waals surface area contributed by atoms with E-state index in [1.807, 2.05) is 0 Å². The molecule has 7 nitrogen and oxygen atoms in total. The highest BCUT2D eigenvalue weighted by molar-refractivity contribution is 5.96. The third-order valence-corrected chi connectivity index (χ3v) is 8.53. The molecular formula is C39H36F8N2O5. The molecule has 0 aliphatic heterocycles. The molecule has 0 spiro atoms. The molecule has 0 aliphatic carbocycles. The Morgan fingerprint density at radius 2 is 1.43 bits per heavy atom. The summed E-state index contributed by atoms with van der Waals surface area (Å²) in [5, 5.41) is 5.42. The van der Waals surface area contributed by atoms with Crippen LogP contribution < -0.4 is 15.4 Å². The monoisotopic (exact) mass is 764 g/mol. The zero-order chi connectivity index (χ0) is 39.7. The average molecular weight is 765 g/mol. The summed E-state index contributed by atoms with van der Waals surface area (Å²) in [4.78, 5) is 38.3. The first-order chi connectivity index (χ1) is 25.4. The molecule has 0 saturated carbocycles. The van der Waals surface area contributed by atoms with Crippen molar-refractivity contribution in [1.82, 2.24) is 10.6 Å². The van der Waals surface area contributed by atoms with E-state index in [1.54, 1.807) is 30.3 Å². The highest BCUT2D eigenvalue weighted by Gasteiger charge is 2.45. The van der Waals surface area contributed by atoms with Gasteiger partial charge in [0, 0.05) is 36.6 Å². The zero-order valence-electron chi connectivity index (χ0n) is 29.0. The second kappa shape index (κ2) is 17.6. The van der Waals surface area contributed by atoms with Gasteiger partial charge in [0.15, 0.2) is 0 Å². The maximum atomic E-state index is 15.3. The molecular weight excluding hydrogens is 728 g/mol. The Kier molecular flexibility index (Phi) is 13.4. The fourth-order valence-electron chi connectivity index (χ4n) is 5.75. The van der Waals surface area contributed by atoms with Gasteiger partial charge in [-0.2, -0.15) is 30.7 Å². The molecule has 4 rings (SSSR count). The van der Waals surface area contributed by atoms with Crippen LogP contribution in [0.15, 0.2) is 91.0 Å². The van der Waals surface area contributed by atoms with Gasteiger partial charge >= 0.3 is 24.7 Å². The number of methoxy groups -OCH3 is 1. The van der Waals surface area contributed by atoms with Crippen LogP contribution in [0.4, 0.5) is 35.1 Å². The number of halogens is 8. The van der Waals surface area contributed by atoms with Gasteiger partial charge < -0.3 is 20.1 Å². The van der Waals surface area contributed by atoms with Crippen LogP contribution in [0.5, 0.6) is 5.75 Å². The second-order valence-electron chi connectivity index (χ2n) is 12.4. The lowest BCUT2D eigenvalue weighted by Crippen LogP contribution is -2.49. The van der Waals surface area contributed by atoms with Crippen molar-refractivity contribution in [3.8, 4) is 5.75 Å². The fraction of sp³-hybridized carbons (Fsp3) is 0.308. The number of unbranched alkanes of at least 4 members (excludes halogenated alkanes) is 2. The van der Waals surface area contributed by atoms with E-state index in [0.29, 0.717) is 37.0 Å². The molecule has 0 saturated heterocycles.